The summed E-state index contributed by atoms with van der Waals surface area (Å²) in [4.78, 5) is 24.9. The van der Waals surface area contributed by atoms with Gasteiger partial charge in [-0.05, 0) is 6.42 Å². The van der Waals surface area contributed by atoms with Gasteiger partial charge in [-0.15, -0.1) is 0 Å². The van der Waals surface area contributed by atoms with Crippen LogP contribution >= 0.6 is 0 Å². The summed E-state index contributed by atoms with van der Waals surface area (Å²) >= 11 is 0. The molecule has 0 bridgehead atoms. The van der Waals surface area contributed by atoms with Crippen molar-refractivity contribution >= 4 is 23.1 Å². The minimum atomic E-state index is -0.345. The number of nitrogens with zero attached hydrogens (tertiary/aromatic N) is 5. The summed E-state index contributed by atoms with van der Waals surface area (Å²) in [7, 11) is 3.06. The van der Waals surface area contributed by atoms with E-state index in [1.807, 2.05) is 4.57 Å². The van der Waals surface area contributed by atoms with Crippen molar-refractivity contribution in [2.24, 2.45) is 0 Å². The van der Waals surface area contributed by atoms with Crippen LogP contribution in [0.25, 0.3) is 11.2 Å². The SMILES string of the molecule is COC(=O)N(C)CCCn1cnc2c(N)ncnc21. The third-order valence-corrected chi connectivity index (χ3v) is 2.81. The molecule has 2 N–H and O–H groups in total. The Labute approximate surface area is 110 Å². The van der Waals surface area contributed by atoms with Gasteiger partial charge < -0.3 is 19.9 Å². The zero-order valence-corrected chi connectivity index (χ0v) is 10.9. The van der Waals surface area contributed by atoms with E-state index in [1.54, 1.807) is 13.4 Å². The van der Waals surface area contributed by atoms with Gasteiger partial charge in [0.2, 0.25) is 0 Å². The maximum atomic E-state index is 11.2. The summed E-state index contributed by atoms with van der Waals surface area (Å²) < 4.78 is 6.50. The van der Waals surface area contributed by atoms with Crippen LogP contribution < -0.4 is 5.73 Å². The fraction of sp³-hybridized carbons (Fsp3) is 0.455. The van der Waals surface area contributed by atoms with E-state index in [4.69, 9.17) is 5.73 Å². The highest BCUT2D eigenvalue weighted by Crippen LogP contribution is 2.14. The normalized spacial score (nSPS) is 10.6. The fourth-order valence-corrected chi connectivity index (χ4v) is 1.79. The number of ether oxygens (including phenoxy) is 1. The first-order valence-electron chi connectivity index (χ1n) is 5.84. The first kappa shape index (κ1) is 13.1. The number of carbonyl (C=O) groups is 1. The number of nitrogen functional groups attached to an aromatic ring is 1. The molecule has 102 valence electrons. The number of aryl methyl sites for hydroxylation is 1. The van der Waals surface area contributed by atoms with E-state index < -0.39 is 0 Å². The maximum absolute atomic E-state index is 11.2. The number of nitrogens with two attached hydrogens (primary N) is 1. The van der Waals surface area contributed by atoms with Crippen LogP contribution in [0.2, 0.25) is 0 Å². The lowest BCUT2D eigenvalue weighted by molar-refractivity contribution is 0.132. The average molecular weight is 264 g/mol. The molecule has 0 radical (unpaired) electrons. The van der Waals surface area contributed by atoms with E-state index in [0.29, 0.717) is 30.1 Å². The van der Waals surface area contributed by atoms with Gasteiger partial charge in [-0.2, -0.15) is 0 Å². The number of amides is 1. The second-order valence-electron chi connectivity index (χ2n) is 4.11. The third kappa shape index (κ3) is 2.72. The van der Waals surface area contributed by atoms with Gasteiger partial charge >= 0.3 is 6.09 Å². The molecule has 0 atom stereocenters. The molecule has 8 heteroatoms. The Hall–Kier alpha value is -2.38. The van der Waals surface area contributed by atoms with Crippen molar-refractivity contribution in [1.29, 1.82) is 0 Å². The Morgan fingerprint density at radius 3 is 3.00 bits per heavy atom. The molecular weight excluding hydrogens is 248 g/mol. The number of carbonyl (C=O) groups excluding carboxylic acids is 1. The molecule has 19 heavy (non-hydrogen) atoms. The molecular formula is C11H16N6O2. The number of hydrogen-bond donors (Lipinski definition) is 1. The van der Waals surface area contributed by atoms with Gasteiger partial charge in [0, 0.05) is 20.1 Å². The summed E-state index contributed by atoms with van der Waals surface area (Å²) in [5.41, 5.74) is 7.01. The van der Waals surface area contributed by atoms with E-state index in [1.165, 1.54) is 18.3 Å². The Kier molecular flexibility index (Phi) is 3.79. The van der Waals surface area contributed by atoms with Gasteiger partial charge in [-0.1, -0.05) is 0 Å². The number of aromatic nitrogens is 4. The molecule has 0 fully saturated rings. The summed E-state index contributed by atoms with van der Waals surface area (Å²) in [6, 6.07) is 0. The van der Waals surface area contributed by atoms with Crippen LogP contribution in [0, 0.1) is 0 Å². The van der Waals surface area contributed by atoms with Crippen molar-refractivity contribution in [3.63, 3.8) is 0 Å². The van der Waals surface area contributed by atoms with Crippen LogP contribution in [0.3, 0.4) is 0 Å². The number of anilines is 1. The second kappa shape index (κ2) is 5.51. The highest BCUT2D eigenvalue weighted by molar-refractivity contribution is 5.81. The van der Waals surface area contributed by atoms with Gasteiger partial charge in [0.25, 0.3) is 0 Å². The topological polar surface area (TPSA) is 99.2 Å². The minimum Gasteiger partial charge on any atom is -0.453 e. The molecule has 1 amide bonds. The molecule has 0 saturated carbocycles. The van der Waals surface area contributed by atoms with Gasteiger partial charge in [0.05, 0.1) is 13.4 Å². The van der Waals surface area contributed by atoms with Crippen LogP contribution in [0.1, 0.15) is 6.42 Å². The lowest BCUT2D eigenvalue weighted by atomic mass is 10.4. The van der Waals surface area contributed by atoms with Crippen LogP contribution in [-0.2, 0) is 11.3 Å². The summed E-state index contributed by atoms with van der Waals surface area (Å²) in [6.07, 6.45) is 3.51. The molecule has 0 aromatic carbocycles. The molecule has 8 nitrogen and oxygen atoms in total. The fourth-order valence-electron chi connectivity index (χ4n) is 1.79. The summed E-state index contributed by atoms with van der Waals surface area (Å²) in [5, 5.41) is 0. The molecule has 0 aliphatic rings. The predicted molar refractivity (Wildman–Crippen MR) is 69.4 cm³/mol. The van der Waals surface area contributed by atoms with E-state index >= 15 is 0 Å². The molecule has 0 aliphatic heterocycles. The average Bonchev–Trinajstić information content (AvgIpc) is 2.82. The molecule has 2 rings (SSSR count). The molecule has 0 unspecified atom stereocenters. The van der Waals surface area contributed by atoms with Gasteiger partial charge in [-0.3, -0.25) is 0 Å². The maximum Gasteiger partial charge on any atom is 0.409 e. The monoisotopic (exact) mass is 264 g/mol. The second-order valence-corrected chi connectivity index (χ2v) is 4.11. The van der Waals surface area contributed by atoms with E-state index in [2.05, 4.69) is 19.7 Å². The highest BCUT2D eigenvalue weighted by Gasteiger charge is 2.09. The minimum absolute atomic E-state index is 0.345. The number of methoxy groups -OCH3 is 1. The van der Waals surface area contributed by atoms with Gasteiger partial charge in [-0.25, -0.2) is 19.7 Å². The third-order valence-electron chi connectivity index (χ3n) is 2.81. The number of fused-ring (bicyclic) bond motifs is 1. The van der Waals surface area contributed by atoms with Crippen molar-refractivity contribution in [1.82, 2.24) is 24.4 Å². The van der Waals surface area contributed by atoms with Crippen LogP contribution in [-0.4, -0.2) is 51.2 Å². The lowest BCUT2D eigenvalue weighted by Gasteiger charge is -2.15. The predicted octanol–water partition coefficient (Wildman–Crippen LogP) is 0.497. The standard InChI is InChI=1S/C11H16N6O2/c1-16(11(18)19-2)4-3-5-17-7-15-8-9(12)13-6-14-10(8)17/h6-7H,3-5H2,1-2H3,(H2,12,13,14). The number of rotatable bonds is 4. The smallest absolute Gasteiger partial charge is 0.409 e. The lowest BCUT2D eigenvalue weighted by Crippen LogP contribution is -2.28. The Bertz CT molecular complexity index is 582. The zero-order valence-electron chi connectivity index (χ0n) is 10.9. The molecule has 2 heterocycles. The van der Waals surface area contributed by atoms with Gasteiger partial charge in [0.1, 0.15) is 11.8 Å². The summed E-state index contributed by atoms with van der Waals surface area (Å²) in [6.45, 7) is 1.28. The number of hydrogen-bond acceptors (Lipinski definition) is 6. The van der Waals surface area contributed by atoms with Crippen molar-refractivity contribution in [3.05, 3.63) is 12.7 Å². The molecule has 2 aromatic rings. The number of imidazole rings is 1. The molecule has 0 saturated heterocycles. The van der Waals surface area contributed by atoms with Crippen LogP contribution in [0.4, 0.5) is 10.6 Å². The van der Waals surface area contributed by atoms with Crippen molar-refractivity contribution < 1.29 is 9.53 Å². The van der Waals surface area contributed by atoms with E-state index in [0.717, 1.165) is 6.42 Å². The first-order chi connectivity index (χ1) is 9.13. The van der Waals surface area contributed by atoms with Crippen LogP contribution in [0.5, 0.6) is 0 Å². The molecule has 0 spiro atoms. The Balaban J connectivity index is 1.99. The van der Waals surface area contributed by atoms with Crippen molar-refractivity contribution in [3.8, 4) is 0 Å². The van der Waals surface area contributed by atoms with E-state index in [9.17, 15) is 4.79 Å². The molecule has 2 aromatic heterocycles. The van der Waals surface area contributed by atoms with Crippen molar-refractivity contribution in [2.45, 2.75) is 13.0 Å². The Morgan fingerprint density at radius 2 is 2.26 bits per heavy atom. The first-order valence-corrected chi connectivity index (χ1v) is 5.84. The Morgan fingerprint density at radius 1 is 1.47 bits per heavy atom. The van der Waals surface area contributed by atoms with Gasteiger partial charge in [0.15, 0.2) is 11.5 Å². The molecule has 0 aliphatic carbocycles. The zero-order chi connectivity index (χ0) is 13.8. The van der Waals surface area contributed by atoms with Crippen LogP contribution in [0.15, 0.2) is 12.7 Å². The van der Waals surface area contributed by atoms with E-state index in [-0.39, 0.29) is 6.09 Å². The quantitative estimate of drug-likeness (QED) is 0.863. The highest BCUT2D eigenvalue weighted by atomic mass is 16.5. The summed E-state index contributed by atoms with van der Waals surface area (Å²) in [5.74, 6) is 0.371. The van der Waals surface area contributed by atoms with Crippen molar-refractivity contribution in [2.75, 3.05) is 26.4 Å². The largest absolute Gasteiger partial charge is 0.453 e.